The van der Waals surface area contributed by atoms with Crippen LogP contribution in [0.4, 0.5) is 0 Å². The first-order valence-electron chi connectivity index (χ1n) is 7.70. The second-order valence-electron chi connectivity index (χ2n) is 5.92. The van der Waals surface area contributed by atoms with Gasteiger partial charge >= 0.3 is 5.97 Å². The van der Waals surface area contributed by atoms with Gasteiger partial charge in [-0.3, -0.25) is 9.69 Å². The highest BCUT2D eigenvalue weighted by Gasteiger charge is 2.27. The number of carboxylic acids is 1. The Kier molecular flexibility index (Phi) is 5.62. The summed E-state index contributed by atoms with van der Waals surface area (Å²) in [7, 11) is 1.67. The molecular weight excluding hydrogens is 266 g/mol. The number of nitrogens with zero attached hydrogens (tertiary/aromatic N) is 1. The first-order chi connectivity index (χ1) is 10.1. The monoisotopic (exact) mass is 291 g/mol. The third-order valence-electron chi connectivity index (χ3n) is 4.40. The minimum Gasteiger partial charge on any atom is -0.497 e. The Balaban J connectivity index is 1.83. The van der Waals surface area contributed by atoms with Crippen molar-refractivity contribution in [3.63, 3.8) is 0 Å². The van der Waals surface area contributed by atoms with Crippen molar-refractivity contribution >= 4 is 5.97 Å². The number of aliphatic carboxylic acids is 1. The Hall–Kier alpha value is -1.55. The Bertz CT molecular complexity index is 458. The van der Waals surface area contributed by atoms with Crippen LogP contribution in [0.5, 0.6) is 5.75 Å². The molecule has 1 aromatic rings. The third-order valence-corrected chi connectivity index (χ3v) is 4.40. The predicted molar refractivity (Wildman–Crippen MR) is 82.4 cm³/mol. The molecule has 1 N–H and O–H groups in total. The molecule has 1 aliphatic rings. The Labute approximate surface area is 126 Å². The summed E-state index contributed by atoms with van der Waals surface area (Å²) in [5.41, 5.74) is 1.28. The van der Waals surface area contributed by atoms with Crippen LogP contribution in [0.1, 0.15) is 31.7 Å². The molecule has 0 radical (unpaired) electrons. The van der Waals surface area contributed by atoms with E-state index in [2.05, 4.69) is 17.0 Å². The minimum absolute atomic E-state index is 0.184. The molecule has 4 heteroatoms. The molecule has 2 atom stereocenters. The van der Waals surface area contributed by atoms with E-state index in [1.165, 1.54) is 5.56 Å². The summed E-state index contributed by atoms with van der Waals surface area (Å²) in [6.45, 7) is 4.97. The van der Waals surface area contributed by atoms with Crippen LogP contribution in [0.25, 0.3) is 0 Å². The molecule has 1 aliphatic heterocycles. The van der Waals surface area contributed by atoms with Crippen molar-refractivity contribution in [3.05, 3.63) is 29.8 Å². The standard InChI is InChI=1S/C17H25NO3/c1-3-15(17(19)20)10-14-8-9-18(12-14)11-13-4-6-16(21-2)7-5-13/h4-7,14-15H,3,8-12H2,1-2H3,(H,19,20). The summed E-state index contributed by atoms with van der Waals surface area (Å²) in [6, 6.07) is 8.16. The summed E-state index contributed by atoms with van der Waals surface area (Å²) in [5, 5.41) is 9.16. The molecule has 4 nitrogen and oxygen atoms in total. The topological polar surface area (TPSA) is 49.8 Å². The summed E-state index contributed by atoms with van der Waals surface area (Å²) in [4.78, 5) is 13.5. The zero-order chi connectivity index (χ0) is 15.2. The highest BCUT2D eigenvalue weighted by atomic mass is 16.5. The fourth-order valence-corrected chi connectivity index (χ4v) is 3.08. The number of ether oxygens (including phenoxy) is 1. The lowest BCUT2D eigenvalue weighted by Crippen LogP contribution is -2.22. The van der Waals surface area contributed by atoms with E-state index in [1.807, 2.05) is 19.1 Å². The second kappa shape index (κ2) is 7.46. The van der Waals surface area contributed by atoms with Crippen LogP contribution in [0.15, 0.2) is 24.3 Å². The van der Waals surface area contributed by atoms with Crippen molar-refractivity contribution < 1.29 is 14.6 Å². The average Bonchev–Trinajstić information content (AvgIpc) is 2.92. The molecule has 0 spiro atoms. The first-order valence-corrected chi connectivity index (χ1v) is 7.70. The van der Waals surface area contributed by atoms with Crippen LogP contribution < -0.4 is 4.74 Å². The van der Waals surface area contributed by atoms with Crippen molar-refractivity contribution in [2.24, 2.45) is 11.8 Å². The Morgan fingerprint density at radius 2 is 2.14 bits per heavy atom. The van der Waals surface area contributed by atoms with E-state index in [1.54, 1.807) is 7.11 Å². The molecule has 1 aromatic carbocycles. The molecule has 0 saturated carbocycles. The smallest absolute Gasteiger partial charge is 0.306 e. The number of carbonyl (C=O) groups is 1. The van der Waals surface area contributed by atoms with Gasteiger partial charge in [0, 0.05) is 13.1 Å². The molecule has 1 saturated heterocycles. The van der Waals surface area contributed by atoms with Gasteiger partial charge in [-0.2, -0.15) is 0 Å². The molecule has 0 amide bonds. The summed E-state index contributed by atoms with van der Waals surface area (Å²) < 4.78 is 5.17. The van der Waals surface area contributed by atoms with Gasteiger partial charge in [0.15, 0.2) is 0 Å². The van der Waals surface area contributed by atoms with Crippen LogP contribution in [0.3, 0.4) is 0 Å². The fourth-order valence-electron chi connectivity index (χ4n) is 3.08. The lowest BCUT2D eigenvalue weighted by atomic mass is 9.92. The number of benzene rings is 1. The summed E-state index contributed by atoms with van der Waals surface area (Å²) in [6.07, 6.45) is 2.65. The first kappa shape index (κ1) is 15.8. The van der Waals surface area contributed by atoms with Crippen molar-refractivity contribution in [2.45, 2.75) is 32.7 Å². The molecule has 0 aliphatic carbocycles. The van der Waals surface area contributed by atoms with E-state index < -0.39 is 5.97 Å². The minimum atomic E-state index is -0.647. The molecule has 1 heterocycles. The zero-order valence-corrected chi connectivity index (χ0v) is 12.9. The van der Waals surface area contributed by atoms with E-state index in [9.17, 15) is 4.79 Å². The SMILES string of the molecule is CCC(CC1CCN(Cc2ccc(OC)cc2)C1)C(=O)O. The molecule has 2 unspecified atom stereocenters. The van der Waals surface area contributed by atoms with E-state index in [-0.39, 0.29) is 5.92 Å². The van der Waals surface area contributed by atoms with Gasteiger partial charge in [-0.15, -0.1) is 0 Å². The van der Waals surface area contributed by atoms with Crippen molar-refractivity contribution in [2.75, 3.05) is 20.2 Å². The van der Waals surface area contributed by atoms with E-state index >= 15 is 0 Å². The highest BCUT2D eigenvalue weighted by molar-refractivity contribution is 5.69. The van der Waals surface area contributed by atoms with Gasteiger partial charge in [0.1, 0.15) is 5.75 Å². The molecule has 116 valence electrons. The van der Waals surface area contributed by atoms with Crippen molar-refractivity contribution in [1.29, 1.82) is 0 Å². The van der Waals surface area contributed by atoms with Gasteiger partial charge in [0.05, 0.1) is 13.0 Å². The summed E-state index contributed by atoms with van der Waals surface area (Å²) in [5.74, 6) is 0.566. The maximum absolute atomic E-state index is 11.1. The van der Waals surface area contributed by atoms with Gasteiger partial charge in [-0.1, -0.05) is 19.1 Å². The van der Waals surface area contributed by atoms with Gasteiger partial charge in [0.2, 0.25) is 0 Å². The van der Waals surface area contributed by atoms with E-state index in [4.69, 9.17) is 9.84 Å². The summed E-state index contributed by atoms with van der Waals surface area (Å²) >= 11 is 0. The lowest BCUT2D eigenvalue weighted by Gasteiger charge is -2.18. The lowest BCUT2D eigenvalue weighted by molar-refractivity contribution is -0.142. The van der Waals surface area contributed by atoms with E-state index in [0.29, 0.717) is 5.92 Å². The normalized spacial score (nSPS) is 20.4. The number of carboxylic acid groups (broad SMARTS) is 1. The molecule has 21 heavy (non-hydrogen) atoms. The quantitative estimate of drug-likeness (QED) is 0.839. The second-order valence-corrected chi connectivity index (χ2v) is 5.92. The van der Waals surface area contributed by atoms with Crippen LogP contribution in [-0.2, 0) is 11.3 Å². The van der Waals surface area contributed by atoms with Crippen LogP contribution in [0, 0.1) is 11.8 Å². The number of methoxy groups -OCH3 is 1. The molecule has 0 bridgehead atoms. The number of rotatable bonds is 7. The molecule has 1 fully saturated rings. The van der Waals surface area contributed by atoms with Crippen LogP contribution in [-0.4, -0.2) is 36.2 Å². The van der Waals surface area contributed by atoms with Crippen LogP contribution >= 0.6 is 0 Å². The molecule has 0 aromatic heterocycles. The molecule has 2 rings (SSSR count). The Morgan fingerprint density at radius 3 is 2.71 bits per heavy atom. The van der Waals surface area contributed by atoms with E-state index in [0.717, 1.165) is 44.6 Å². The van der Waals surface area contributed by atoms with Crippen molar-refractivity contribution in [1.82, 2.24) is 4.90 Å². The zero-order valence-electron chi connectivity index (χ0n) is 12.9. The predicted octanol–water partition coefficient (Wildman–Crippen LogP) is 3.02. The maximum atomic E-state index is 11.1. The average molecular weight is 291 g/mol. The van der Waals surface area contributed by atoms with Gasteiger partial charge in [0.25, 0.3) is 0 Å². The van der Waals surface area contributed by atoms with Gasteiger partial charge in [-0.25, -0.2) is 0 Å². The third kappa shape index (κ3) is 4.46. The Morgan fingerprint density at radius 1 is 1.43 bits per heavy atom. The number of hydrogen-bond acceptors (Lipinski definition) is 3. The largest absolute Gasteiger partial charge is 0.497 e. The number of hydrogen-bond donors (Lipinski definition) is 1. The molecular formula is C17H25NO3. The van der Waals surface area contributed by atoms with Crippen molar-refractivity contribution in [3.8, 4) is 5.75 Å². The van der Waals surface area contributed by atoms with Crippen LogP contribution in [0.2, 0.25) is 0 Å². The highest BCUT2D eigenvalue weighted by Crippen LogP contribution is 2.26. The number of likely N-dealkylation sites (tertiary alicyclic amines) is 1. The fraction of sp³-hybridized carbons (Fsp3) is 0.588. The van der Waals surface area contributed by atoms with Gasteiger partial charge in [-0.05, 0) is 49.4 Å². The van der Waals surface area contributed by atoms with Gasteiger partial charge < -0.3 is 9.84 Å². The maximum Gasteiger partial charge on any atom is 0.306 e.